The smallest absolute Gasteiger partial charge is 0.335 e. The fraction of sp³-hybridized carbons (Fsp3) is 0.615. The van der Waals surface area contributed by atoms with Crippen LogP contribution in [0.5, 0.6) is 0 Å². The van der Waals surface area contributed by atoms with Crippen LogP contribution in [0.3, 0.4) is 0 Å². The quantitative estimate of drug-likeness (QED) is 0.800. The van der Waals surface area contributed by atoms with Gasteiger partial charge in [0.1, 0.15) is 11.3 Å². The van der Waals surface area contributed by atoms with Gasteiger partial charge in [-0.05, 0) is 19.3 Å². The lowest BCUT2D eigenvalue weighted by Gasteiger charge is -2.39. The lowest BCUT2D eigenvalue weighted by molar-refractivity contribution is -0.0795. The number of halogens is 4. The second kappa shape index (κ2) is 4.30. The highest BCUT2D eigenvalue weighted by Gasteiger charge is 2.63. The zero-order chi connectivity index (χ0) is 15.5. The van der Waals surface area contributed by atoms with Gasteiger partial charge in [-0.25, -0.2) is 18.7 Å². The van der Waals surface area contributed by atoms with Gasteiger partial charge < -0.3 is 4.90 Å². The monoisotopic (exact) mass is 315 g/mol. The molecule has 0 aromatic carbocycles. The van der Waals surface area contributed by atoms with Crippen LogP contribution in [0.4, 0.5) is 23.4 Å². The molecule has 1 aliphatic heterocycles. The van der Waals surface area contributed by atoms with Crippen LogP contribution >= 0.6 is 0 Å². The number of hydrogen-bond donors (Lipinski definition) is 0. The van der Waals surface area contributed by atoms with E-state index in [0.29, 0.717) is 30.5 Å². The molecule has 2 aromatic rings. The topological polar surface area (TPSA) is 46.8 Å². The van der Waals surface area contributed by atoms with Crippen LogP contribution in [0.2, 0.25) is 0 Å². The lowest BCUT2D eigenvalue weighted by Crippen LogP contribution is -2.50. The predicted molar refractivity (Wildman–Crippen MR) is 70.0 cm³/mol. The average molecular weight is 315 g/mol. The Balaban J connectivity index is 1.64. The molecule has 3 heterocycles. The molecule has 0 unspecified atom stereocenters. The molecule has 2 fully saturated rings. The molecule has 0 amide bonds. The molecule has 0 atom stereocenters. The minimum Gasteiger partial charge on any atom is -0.349 e. The van der Waals surface area contributed by atoms with Crippen molar-refractivity contribution in [1.82, 2.24) is 19.7 Å². The molecular formula is C13H13F4N5. The fourth-order valence-electron chi connectivity index (χ4n) is 3.10. The van der Waals surface area contributed by atoms with Gasteiger partial charge in [0, 0.05) is 12.0 Å². The van der Waals surface area contributed by atoms with E-state index in [1.54, 1.807) is 0 Å². The highest BCUT2D eigenvalue weighted by molar-refractivity contribution is 5.71. The van der Waals surface area contributed by atoms with E-state index in [1.165, 1.54) is 17.3 Å². The summed E-state index contributed by atoms with van der Waals surface area (Å²) in [5, 5.41) is 3.52. The number of rotatable bonds is 2. The Labute approximate surface area is 122 Å². The van der Waals surface area contributed by atoms with E-state index in [-0.39, 0.29) is 17.0 Å². The SMILES string of the molecule is FC(F)n1ncc2nc(N3CCC4(CC4)C(F)(F)C3)cnc21. The molecule has 1 saturated heterocycles. The third-order valence-electron chi connectivity index (χ3n) is 4.68. The van der Waals surface area contributed by atoms with Crippen LogP contribution < -0.4 is 4.90 Å². The first-order valence-corrected chi connectivity index (χ1v) is 7.03. The molecule has 0 N–H and O–H groups in total. The first-order chi connectivity index (χ1) is 10.4. The second-order valence-electron chi connectivity index (χ2n) is 5.96. The van der Waals surface area contributed by atoms with Gasteiger partial charge >= 0.3 is 6.55 Å². The molecule has 1 aliphatic carbocycles. The number of nitrogens with zero attached hydrogens (tertiary/aromatic N) is 5. The van der Waals surface area contributed by atoms with Gasteiger partial charge in [0.25, 0.3) is 5.92 Å². The van der Waals surface area contributed by atoms with Crippen molar-refractivity contribution in [2.75, 3.05) is 18.0 Å². The van der Waals surface area contributed by atoms with E-state index in [1.807, 2.05) is 0 Å². The van der Waals surface area contributed by atoms with Gasteiger partial charge in [-0.1, -0.05) is 0 Å². The van der Waals surface area contributed by atoms with Crippen molar-refractivity contribution < 1.29 is 17.6 Å². The zero-order valence-corrected chi connectivity index (χ0v) is 11.5. The summed E-state index contributed by atoms with van der Waals surface area (Å²) in [6.45, 7) is -2.75. The van der Waals surface area contributed by atoms with E-state index in [9.17, 15) is 17.6 Å². The molecule has 0 bridgehead atoms. The highest BCUT2D eigenvalue weighted by Crippen LogP contribution is 2.61. The predicted octanol–water partition coefficient (Wildman–Crippen LogP) is 2.85. The number of alkyl halides is 4. The van der Waals surface area contributed by atoms with E-state index >= 15 is 0 Å². The first-order valence-electron chi connectivity index (χ1n) is 7.03. The fourth-order valence-corrected chi connectivity index (χ4v) is 3.10. The van der Waals surface area contributed by atoms with Gasteiger partial charge in [-0.2, -0.15) is 18.6 Å². The number of fused-ring (bicyclic) bond motifs is 1. The first kappa shape index (κ1) is 13.7. The Morgan fingerprint density at radius 3 is 2.55 bits per heavy atom. The Kier molecular flexibility index (Phi) is 2.68. The van der Waals surface area contributed by atoms with Crippen LogP contribution in [0, 0.1) is 5.41 Å². The molecule has 4 rings (SSSR count). The zero-order valence-electron chi connectivity index (χ0n) is 11.5. The van der Waals surface area contributed by atoms with Gasteiger partial charge in [-0.3, -0.25) is 0 Å². The van der Waals surface area contributed by atoms with Crippen molar-refractivity contribution in [3.8, 4) is 0 Å². The van der Waals surface area contributed by atoms with Gasteiger partial charge in [0.05, 0.1) is 18.9 Å². The van der Waals surface area contributed by atoms with Gasteiger partial charge in [-0.15, -0.1) is 0 Å². The number of aromatic nitrogens is 4. The van der Waals surface area contributed by atoms with Crippen molar-refractivity contribution in [3.63, 3.8) is 0 Å². The second-order valence-corrected chi connectivity index (χ2v) is 5.96. The molecule has 2 aromatic heterocycles. The largest absolute Gasteiger partial charge is 0.349 e. The summed E-state index contributed by atoms with van der Waals surface area (Å²) >= 11 is 0. The highest BCUT2D eigenvalue weighted by atomic mass is 19.3. The molecule has 2 aliphatic rings. The van der Waals surface area contributed by atoms with Crippen molar-refractivity contribution in [2.24, 2.45) is 5.41 Å². The maximum absolute atomic E-state index is 14.2. The normalized spacial score (nSPS) is 22.7. The molecule has 22 heavy (non-hydrogen) atoms. The summed E-state index contributed by atoms with van der Waals surface area (Å²) in [5.41, 5.74) is -0.712. The standard InChI is InChI=1S/C13H13F4N5/c14-11(15)22-10-8(5-19-22)20-9(6-18-10)21-4-3-12(1-2-12)13(16,17)7-21/h5-6,11H,1-4,7H2. The third kappa shape index (κ3) is 1.87. The van der Waals surface area contributed by atoms with Gasteiger partial charge in [0.2, 0.25) is 0 Å². The van der Waals surface area contributed by atoms with Crippen LogP contribution in [-0.4, -0.2) is 38.8 Å². The van der Waals surface area contributed by atoms with Crippen LogP contribution in [0.15, 0.2) is 12.4 Å². The summed E-state index contributed by atoms with van der Waals surface area (Å²) in [6.07, 6.45) is 3.97. The molecule has 0 radical (unpaired) electrons. The minimum absolute atomic E-state index is 0.0545. The summed E-state index contributed by atoms with van der Waals surface area (Å²) in [7, 11) is 0. The van der Waals surface area contributed by atoms with Crippen molar-refractivity contribution in [1.29, 1.82) is 0 Å². The van der Waals surface area contributed by atoms with Crippen LogP contribution in [0.1, 0.15) is 25.8 Å². The Morgan fingerprint density at radius 1 is 1.14 bits per heavy atom. The summed E-state index contributed by atoms with van der Waals surface area (Å²) in [6, 6.07) is 0. The molecule has 5 nitrogen and oxygen atoms in total. The Morgan fingerprint density at radius 2 is 1.91 bits per heavy atom. The maximum atomic E-state index is 14.2. The van der Waals surface area contributed by atoms with Crippen molar-refractivity contribution in [3.05, 3.63) is 12.4 Å². The number of hydrogen-bond acceptors (Lipinski definition) is 4. The van der Waals surface area contributed by atoms with E-state index < -0.39 is 24.4 Å². The van der Waals surface area contributed by atoms with Crippen LogP contribution in [-0.2, 0) is 0 Å². The molecule has 9 heteroatoms. The lowest BCUT2D eigenvalue weighted by atomic mass is 9.89. The molecule has 1 spiro atoms. The average Bonchev–Trinajstić information content (AvgIpc) is 3.13. The Bertz CT molecular complexity index is 724. The van der Waals surface area contributed by atoms with E-state index in [2.05, 4.69) is 15.1 Å². The summed E-state index contributed by atoms with van der Waals surface area (Å²) in [4.78, 5) is 9.53. The molecular weight excluding hydrogens is 302 g/mol. The maximum Gasteiger partial charge on any atom is 0.335 e. The van der Waals surface area contributed by atoms with E-state index in [0.717, 1.165) is 0 Å². The van der Waals surface area contributed by atoms with Crippen molar-refractivity contribution >= 4 is 17.0 Å². The Hall–Kier alpha value is -1.93. The molecule has 1 saturated carbocycles. The third-order valence-corrected chi connectivity index (χ3v) is 4.68. The van der Waals surface area contributed by atoms with Crippen LogP contribution in [0.25, 0.3) is 11.2 Å². The van der Waals surface area contributed by atoms with Crippen molar-refractivity contribution in [2.45, 2.75) is 31.7 Å². The number of piperidine rings is 1. The summed E-state index contributed by atoms with van der Waals surface area (Å²) < 4.78 is 54.3. The summed E-state index contributed by atoms with van der Waals surface area (Å²) in [5.74, 6) is -2.48. The number of anilines is 1. The molecule has 118 valence electrons. The van der Waals surface area contributed by atoms with E-state index in [4.69, 9.17) is 0 Å². The minimum atomic E-state index is -2.81. The van der Waals surface area contributed by atoms with Gasteiger partial charge in [0.15, 0.2) is 5.65 Å².